The summed E-state index contributed by atoms with van der Waals surface area (Å²) in [5, 5.41) is 0. The largest absolute Gasteiger partial charge is 0.444 e. The quantitative estimate of drug-likeness (QED) is 0.742. The molecule has 1 atom stereocenters. The van der Waals surface area contributed by atoms with E-state index in [4.69, 9.17) is 9.47 Å². The molecule has 2 saturated heterocycles. The molecule has 130 valence electrons. The van der Waals surface area contributed by atoms with Gasteiger partial charge in [0.25, 0.3) is 5.91 Å². The van der Waals surface area contributed by atoms with Gasteiger partial charge in [-0.25, -0.2) is 4.79 Å². The van der Waals surface area contributed by atoms with Crippen molar-refractivity contribution in [3.8, 4) is 0 Å². The van der Waals surface area contributed by atoms with Gasteiger partial charge in [-0.15, -0.1) is 0 Å². The number of piperidine rings is 1. The van der Waals surface area contributed by atoms with Crippen molar-refractivity contribution in [2.24, 2.45) is 0 Å². The van der Waals surface area contributed by atoms with E-state index in [1.807, 2.05) is 32.6 Å². The lowest BCUT2D eigenvalue weighted by molar-refractivity contribution is -0.200. The van der Waals surface area contributed by atoms with Crippen molar-refractivity contribution in [2.75, 3.05) is 26.2 Å². The van der Waals surface area contributed by atoms with E-state index < -0.39 is 16.8 Å². The summed E-state index contributed by atoms with van der Waals surface area (Å²) in [4.78, 5) is 28.5. The summed E-state index contributed by atoms with van der Waals surface area (Å²) in [5.74, 6) is 0.125. The van der Waals surface area contributed by atoms with Crippen LogP contribution >= 0.6 is 0 Å². The molecule has 3 aliphatic rings. The molecule has 1 unspecified atom stereocenters. The lowest BCUT2D eigenvalue weighted by atomic mass is 9.89. The third-order valence-electron chi connectivity index (χ3n) is 4.84. The van der Waals surface area contributed by atoms with Gasteiger partial charge in [-0.3, -0.25) is 4.79 Å². The maximum atomic E-state index is 12.5. The van der Waals surface area contributed by atoms with Gasteiger partial charge in [-0.05, 0) is 53.4 Å². The van der Waals surface area contributed by atoms with Crippen LogP contribution in [-0.2, 0) is 14.3 Å². The summed E-state index contributed by atoms with van der Waals surface area (Å²) in [6.07, 6.45) is 3.08. The Morgan fingerprint density at radius 3 is 2.52 bits per heavy atom. The molecular weight excluding hydrogens is 296 g/mol. The first-order valence-corrected chi connectivity index (χ1v) is 8.66. The van der Waals surface area contributed by atoms with E-state index in [1.165, 1.54) is 0 Å². The molecule has 2 heterocycles. The number of ether oxygens (including phenoxy) is 2. The Kier molecular flexibility index (Phi) is 3.86. The molecule has 6 heteroatoms. The molecule has 0 bridgehead atoms. The minimum absolute atomic E-state index is 0.125. The van der Waals surface area contributed by atoms with Crippen LogP contribution in [0.2, 0.25) is 0 Å². The molecule has 0 aromatic rings. The Morgan fingerprint density at radius 2 is 1.96 bits per heavy atom. The fourth-order valence-electron chi connectivity index (χ4n) is 3.68. The van der Waals surface area contributed by atoms with Crippen molar-refractivity contribution in [3.05, 3.63) is 0 Å². The number of rotatable bonds is 1. The number of likely N-dealkylation sites (tertiary alicyclic amines) is 1. The van der Waals surface area contributed by atoms with E-state index in [-0.39, 0.29) is 12.0 Å². The van der Waals surface area contributed by atoms with Crippen LogP contribution in [0.5, 0.6) is 0 Å². The van der Waals surface area contributed by atoms with Gasteiger partial charge in [-0.1, -0.05) is 0 Å². The first kappa shape index (κ1) is 16.6. The number of amides is 2. The highest BCUT2D eigenvalue weighted by Crippen LogP contribution is 2.49. The van der Waals surface area contributed by atoms with Gasteiger partial charge in [0.05, 0.1) is 13.1 Å². The molecular formula is C17H28N2O4. The summed E-state index contributed by atoms with van der Waals surface area (Å²) in [5.41, 5.74) is -1.54. The summed E-state index contributed by atoms with van der Waals surface area (Å²) < 4.78 is 11.8. The Morgan fingerprint density at radius 1 is 1.26 bits per heavy atom. The second kappa shape index (κ2) is 5.36. The molecule has 0 radical (unpaired) electrons. The first-order valence-electron chi connectivity index (χ1n) is 8.66. The van der Waals surface area contributed by atoms with Crippen LogP contribution in [0.1, 0.15) is 53.4 Å². The second-order valence-electron chi connectivity index (χ2n) is 8.10. The zero-order valence-electron chi connectivity index (χ0n) is 14.7. The van der Waals surface area contributed by atoms with Gasteiger partial charge in [-0.2, -0.15) is 0 Å². The molecule has 2 amide bonds. The average Bonchev–Trinajstić information content (AvgIpc) is 3.22. The van der Waals surface area contributed by atoms with Gasteiger partial charge in [0.1, 0.15) is 16.8 Å². The van der Waals surface area contributed by atoms with Crippen LogP contribution in [0.15, 0.2) is 0 Å². The van der Waals surface area contributed by atoms with E-state index in [1.54, 1.807) is 4.90 Å². The molecule has 3 fully saturated rings. The fraction of sp³-hybridized carbons (Fsp3) is 0.882. The Labute approximate surface area is 138 Å². The first-order chi connectivity index (χ1) is 10.7. The van der Waals surface area contributed by atoms with E-state index in [2.05, 4.69) is 0 Å². The number of hydrogen-bond acceptors (Lipinski definition) is 4. The fourth-order valence-corrected chi connectivity index (χ4v) is 3.68. The highest BCUT2D eigenvalue weighted by Gasteiger charge is 2.62. The number of nitrogens with zero attached hydrogens (tertiary/aromatic N) is 2. The number of morpholine rings is 1. The molecule has 2 aliphatic heterocycles. The van der Waals surface area contributed by atoms with Crippen molar-refractivity contribution < 1.29 is 19.1 Å². The Hall–Kier alpha value is -1.30. The van der Waals surface area contributed by atoms with Gasteiger partial charge in [0.15, 0.2) is 0 Å². The third kappa shape index (κ3) is 3.18. The standard InChI is InChI=1S/C17H28N2O4/c1-5-18-11-16(23-17(8-9-17)13(18)20)7-6-10-19(12-16)14(21)22-15(2,3)4/h5-12H2,1-4H3. The van der Waals surface area contributed by atoms with Gasteiger partial charge < -0.3 is 19.3 Å². The molecule has 3 rings (SSSR count). The predicted octanol–water partition coefficient (Wildman–Crippen LogP) is 2.17. The van der Waals surface area contributed by atoms with Crippen LogP contribution in [0.4, 0.5) is 4.79 Å². The highest BCUT2D eigenvalue weighted by atomic mass is 16.6. The van der Waals surface area contributed by atoms with Crippen molar-refractivity contribution in [1.29, 1.82) is 0 Å². The molecule has 1 aliphatic carbocycles. The SMILES string of the molecule is CCN1CC2(CCCN(C(=O)OC(C)(C)C)C2)OC2(CC2)C1=O. The smallest absolute Gasteiger partial charge is 0.410 e. The molecule has 6 nitrogen and oxygen atoms in total. The van der Waals surface area contributed by atoms with Gasteiger partial charge in [0.2, 0.25) is 0 Å². The topological polar surface area (TPSA) is 59.1 Å². The zero-order chi connectivity index (χ0) is 16.9. The van der Waals surface area contributed by atoms with Gasteiger partial charge >= 0.3 is 6.09 Å². The van der Waals surface area contributed by atoms with E-state index in [0.29, 0.717) is 26.2 Å². The minimum atomic E-state index is -0.606. The molecule has 23 heavy (non-hydrogen) atoms. The van der Waals surface area contributed by atoms with Crippen molar-refractivity contribution in [1.82, 2.24) is 9.80 Å². The number of carbonyl (C=O) groups is 2. The van der Waals surface area contributed by atoms with Crippen LogP contribution in [0, 0.1) is 0 Å². The lowest BCUT2D eigenvalue weighted by Gasteiger charge is -2.50. The molecule has 1 saturated carbocycles. The summed E-state index contributed by atoms with van der Waals surface area (Å²) >= 11 is 0. The van der Waals surface area contributed by atoms with E-state index in [0.717, 1.165) is 25.7 Å². The Balaban J connectivity index is 1.74. The van der Waals surface area contributed by atoms with Crippen LogP contribution < -0.4 is 0 Å². The van der Waals surface area contributed by atoms with Crippen molar-refractivity contribution in [3.63, 3.8) is 0 Å². The number of likely N-dealkylation sites (N-methyl/N-ethyl adjacent to an activating group) is 1. The molecule has 0 aromatic carbocycles. The average molecular weight is 324 g/mol. The summed E-state index contributed by atoms with van der Waals surface area (Å²) in [6.45, 7) is 10.1. The monoisotopic (exact) mass is 324 g/mol. The Bertz CT molecular complexity index is 509. The second-order valence-corrected chi connectivity index (χ2v) is 8.10. The molecule has 2 spiro atoms. The number of hydrogen-bond donors (Lipinski definition) is 0. The van der Waals surface area contributed by atoms with Crippen LogP contribution in [0.25, 0.3) is 0 Å². The van der Waals surface area contributed by atoms with Gasteiger partial charge in [0, 0.05) is 13.1 Å². The molecule has 0 aromatic heterocycles. The van der Waals surface area contributed by atoms with Crippen molar-refractivity contribution in [2.45, 2.75) is 70.2 Å². The maximum Gasteiger partial charge on any atom is 0.410 e. The summed E-state index contributed by atoms with van der Waals surface area (Å²) in [7, 11) is 0. The van der Waals surface area contributed by atoms with E-state index in [9.17, 15) is 9.59 Å². The summed E-state index contributed by atoms with van der Waals surface area (Å²) in [6, 6.07) is 0. The number of carbonyl (C=O) groups excluding carboxylic acids is 2. The highest BCUT2D eigenvalue weighted by molar-refractivity contribution is 5.89. The predicted molar refractivity (Wildman–Crippen MR) is 85.1 cm³/mol. The van der Waals surface area contributed by atoms with Crippen molar-refractivity contribution >= 4 is 12.0 Å². The van der Waals surface area contributed by atoms with Crippen LogP contribution in [0.3, 0.4) is 0 Å². The van der Waals surface area contributed by atoms with Crippen LogP contribution in [-0.4, -0.2) is 64.8 Å². The third-order valence-corrected chi connectivity index (χ3v) is 4.84. The van der Waals surface area contributed by atoms with E-state index >= 15 is 0 Å². The minimum Gasteiger partial charge on any atom is -0.444 e. The lowest BCUT2D eigenvalue weighted by Crippen LogP contribution is -2.65. The molecule has 0 N–H and O–H groups in total. The zero-order valence-corrected chi connectivity index (χ0v) is 14.7. The normalized spacial score (nSPS) is 30.0. The maximum absolute atomic E-state index is 12.5.